The van der Waals surface area contributed by atoms with Gasteiger partial charge in [0, 0.05) is 5.39 Å². The molecule has 2 N–H and O–H groups in total. The SMILES string of the molecule is CCNC(CO)C(F)(CF)c1ccc2occc2c1. The maximum atomic E-state index is 14.9. The van der Waals surface area contributed by atoms with E-state index in [1.165, 1.54) is 12.3 Å². The first-order valence-corrected chi connectivity index (χ1v) is 6.22. The van der Waals surface area contributed by atoms with Crippen LogP contribution in [0.2, 0.25) is 0 Å². The first kappa shape index (κ1) is 14.0. The number of aliphatic hydroxyl groups excluding tert-OH is 1. The Hall–Kier alpha value is -1.46. The molecule has 0 aliphatic carbocycles. The molecule has 0 amide bonds. The van der Waals surface area contributed by atoms with Crippen LogP contribution in [0.4, 0.5) is 8.78 Å². The van der Waals surface area contributed by atoms with Gasteiger partial charge in [-0.05, 0) is 30.3 Å². The molecular formula is C14H17F2NO2. The summed E-state index contributed by atoms with van der Waals surface area (Å²) in [5, 5.41) is 12.8. The molecule has 0 fully saturated rings. The van der Waals surface area contributed by atoms with Crippen molar-refractivity contribution in [3.05, 3.63) is 36.1 Å². The molecule has 5 heteroatoms. The monoisotopic (exact) mass is 269 g/mol. The molecule has 3 nitrogen and oxygen atoms in total. The molecule has 1 aromatic carbocycles. The van der Waals surface area contributed by atoms with E-state index in [1.807, 2.05) is 0 Å². The zero-order valence-corrected chi connectivity index (χ0v) is 10.7. The third-order valence-electron chi connectivity index (χ3n) is 3.31. The summed E-state index contributed by atoms with van der Waals surface area (Å²) in [5.74, 6) is 0. The number of rotatable bonds is 6. The van der Waals surface area contributed by atoms with Crippen LogP contribution in [0.25, 0.3) is 11.0 Å². The second-order valence-corrected chi connectivity index (χ2v) is 4.46. The quantitative estimate of drug-likeness (QED) is 0.847. The third-order valence-corrected chi connectivity index (χ3v) is 3.31. The number of hydrogen-bond acceptors (Lipinski definition) is 3. The van der Waals surface area contributed by atoms with Crippen molar-refractivity contribution < 1.29 is 18.3 Å². The Kier molecular flexibility index (Phi) is 4.17. The van der Waals surface area contributed by atoms with Crippen molar-refractivity contribution in [3.63, 3.8) is 0 Å². The van der Waals surface area contributed by atoms with Crippen LogP contribution < -0.4 is 5.32 Å². The van der Waals surface area contributed by atoms with Crippen LogP contribution in [-0.2, 0) is 5.67 Å². The standard InChI is InChI=1S/C14H17F2NO2/c1-2-17-13(8-18)14(16,9-15)11-3-4-12-10(7-11)5-6-19-12/h3-7,13,17-18H,2,8-9H2,1H3. The minimum absolute atomic E-state index is 0.198. The van der Waals surface area contributed by atoms with Gasteiger partial charge in [-0.15, -0.1) is 0 Å². The Labute approximate surface area is 110 Å². The molecule has 2 rings (SSSR count). The Balaban J connectivity index is 2.43. The van der Waals surface area contributed by atoms with Crippen molar-refractivity contribution >= 4 is 11.0 Å². The molecule has 0 saturated carbocycles. The number of aliphatic hydroxyl groups is 1. The highest BCUT2D eigenvalue weighted by molar-refractivity contribution is 5.78. The molecule has 2 atom stereocenters. The highest BCUT2D eigenvalue weighted by Crippen LogP contribution is 2.33. The largest absolute Gasteiger partial charge is 0.464 e. The van der Waals surface area contributed by atoms with Crippen molar-refractivity contribution in [2.75, 3.05) is 19.8 Å². The van der Waals surface area contributed by atoms with Gasteiger partial charge in [-0.1, -0.05) is 13.0 Å². The van der Waals surface area contributed by atoms with Crippen LogP contribution in [0.15, 0.2) is 34.9 Å². The average molecular weight is 269 g/mol. The van der Waals surface area contributed by atoms with Crippen LogP contribution in [-0.4, -0.2) is 31.0 Å². The van der Waals surface area contributed by atoms with Gasteiger partial charge in [0.1, 0.15) is 12.3 Å². The molecular weight excluding hydrogens is 252 g/mol. The van der Waals surface area contributed by atoms with E-state index in [9.17, 15) is 13.9 Å². The minimum Gasteiger partial charge on any atom is -0.464 e. The first-order valence-electron chi connectivity index (χ1n) is 6.22. The summed E-state index contributed by atoms with van der Waals surface area (Å²) in [6, 6.07) is 5.37. The molecule has 2 unspecified atom stereocenters. The Morgan fingerprint density at radius 1 is 1.42 bits per heavy atom. The number of alkyl halides is 2. The molecule has 0 radical (unpaired) electrons. The molecule has 1 heterocycles. The van der Waals surface area contributed by atoms with Gasteiger partial charge in [0.05, 0.1) is 18.9 Å². The lowest BCUT2D eigenvalue weighted by atomic mass is 9.89. The van der Waals surface area contributed by atoms with Crippen LogP contribution in [0.1, 0.15) is 12.5 Å². The molecule has 0 spiro atoms. The molecule has 0 aliphatic rings. The Morgan fingerprint density at radius 3 is 2.84 bits per heavy atom. The number of benzene rings is 1. The normalized spacial score (nSPS) is 16.4. The Morgan fingerprint density at radius 2 is 2.21 bits per heavy atom. The lowest BCUT2D eigenvalue weighted by Crippen LogP contribution is -2.49. The smallest absolute Gasteiger partial charge is 0.181 e. The van der Waals surface area contributed by atoms with Crippen molar-refractivity contribution in [3.8, 4) is 0 Å². The zero-order valence-electron chi connectivity index (χ0n) is 10.7. The topological polar surface area (TPSA) is 45.4 Å². The fourth-order valence-corrected chi connectivity index (χ4v) is 2.21. The number of nitrogens with one attached hydrogen (secondary N) is 1. The summed E-state index contributed by atoms with van der Waals surface area (Å²) in [6.07, 6.45) is 1.50. The van der Waals surface area contributed by atoms with Gasteiger partial charge in [-0.25, -0.2) is 8.78 Å². The zero-order chi connectivity index (χ0) is 13.9. The van der Waals surface area contributed by atoms with Gasteiger partial charge in [0.2, 0.25) is 0 Å². The summed E-state index contributed by atoms with van der Waals surface area (Å²) in [6.45, 7) is 0.553. The summed E-state index contributed by atoms with van der Waals surface area (Å²) in [4.78, 5) is 0. The average Bonchev–Trinajstić information content (AvgIpc) is 2.91. The maximum absolute atomic E-state index is 14.9. The molecule has 1 aromatic heterocycles. The van der Waals surface area contributed by atoms with E-state index in [0.717, 1.165) is 0 Å². The molecule has 0 bridgehead atoms. The van der Waals surface area contributed by atoms with Gasteiger partial charge < -0.3 is 14.8 Å². The summed E-state index contributed by atoms with van der Waals surface area (Å²) >= 11 is 0. The van der Waals surface area contributed by atoms with Crippen molar-refractivity contribution in [2.24, 2.45) is 0 Å². The summed E-state index contributed by atoms with van der Waals surface area (Å²) < 4.78 is 33.3. The van der Waals surface area contributed by atoms with Gasteiger partial charge in [-0.2, -0.15) is 0 Å². The van der Waals surface area contributed by atoms with E-state index in [4.69, 9.17) is 4.42 Å². The number of hydrogen-bond donors (Lipinski definition) is 2. The fraction of sp³-hybridized carbons (Fsp3) is 0.429. The van der Waals surface area contributed by atoms with E-state index < -0.39 is 25.0 Å². The van der Waals surface area contributed by atoms with Gasteiger partial charge in [0.25, 0.3) is 0 Å². The van der Waals surface area contributed by atoms with E-state index in [1.54, 1.807) is 25.1 Å². The predicted molar refractivity (Wildman–Crippen MR) is 69.5 cm³/mol. The van der Waals surface area contributed by atoms with Crippen LogP contribution >= 0.6 is 0 Å². The Bertz CT molecular complexity index is 543. The fourth-order valence-electron chi connectivity index (χ4n) is 2.21. The predicted octanol–water partition coefficient (Wildman–Crippen LogP) is 2.54. The van der Waals surface area contributed by atoms with E-state index >= 15 is 0 Å². The number of furan rings is 1. The van der Waals surface area contributed by atoms with Crippen LogP contribution in [0.5, 0.6) is 0 Å². The van der Waals surface area contributed by atoms with E-state index in [-0.39, 0.29) is 5.56 Å². The minimum atomic E-state index is -2.25. The molecule has 0 aliphatic heterocycles. The highest BCUT2D eigenvalue weighted by atomic mass is 19.2. The van der Waals surface area contributed by atoms with Crippen molar-refractivity contribution in [2.45, 2.75) is 18.6 Å². The summed E-state index contributed by atoms with van der Waals surface area (Å²) in [7, 11) is 0. The lowest BCUT2D eigenvalue weighted by Gasteiger charge is -2.31. The summed E-state index contributed by atoms with van der Waals surface area (Å²) in [5.41, 5.74) is -1.44. The molecule has 19 heavy (non-hydrogen) atoms. The van der Waals surface area contributed by atoms with Gasteiger partial charge in [0.15, 0.2) is 5.67 Å². The van der Waals surface area contributed by atoms with Gasteiger partial charge >= 0.3 is 0 Å². The molecule has 2 aromatic rings. The number of halogens is 2. The first-order chi connectivity index (χ1) is 9.15. The highest BCUT2D eigenvalue weighted by Gasteiger charge is 2.40. The third kappa shape index (κ3) is 2.48. The lowest BCUT2D eigenvalue weighted by molar-refractivity contribution is 0.0404. The number of likely N-dealkylation sites (N-methyl/N-ethyl adjacent to an activating group) is 1. The van der Waals surface area contributed by atoms with Crippen LogP contribution in [0.3, 0.4) is 0 Å². The number of fused-ring (bicyclic) bond motifs is 1. The van der Waals surface area contributed by atoms with E-state index in [2.05, 4.69) is 5.32 Å². The molecule has 0 saturated heterocycles. The van der Waals surface area contributed by atoms with Crippen molar-refractivity contribution in [1.29, 1.82) is 0 Å². The van der Waals surface area contributed by atoms with E-state index in [0.29, 0.717) is 17.5 Å². The maximum Gasteiger partial charge on any atom is 0.181 e. The van der Waals surface area contributed by atoms with Crippen LogP contribution in [0, 0.1) is 0 Å². The second kappa shape index (κ2) is 5.67. The van der Waals surface area contributed by atoms with Crippen molar-refractivity contribution in [1.82, 2.24) is 5.32 Å². The second-order valence-electron chi connectivity index (χ2n) is 4.46. The van der Waals surface area contributed by atoms with Gasteiger partial charge in [-0.3, -0.25) is 0 Å². The molecule has 104 valence electrons.